The number of rotatable bonds is 9. The molecule has 7 nitrogen and oxygen atoms in total. The van der Waals surface area contributed by atoms with Gasteiger partial charge in [-0.25, -0.2) is 4.79 Å². The molecule has 1 saturated carbocycles. The van der Waals surface area contributed by atoms with Gasteiger partial charge in [0.15, 0.2) is 11.5 Å². The summed E-state index contributed by atoms with van der Waals surface area (Å²) in [6, 6.07) is 13.9. The summed E-state index contributed by atoms with van der Waals surface area (Å²) in [7, 11) is 0. The van der Waals surface area contributed by atoms with Crippen molar-refractivity contribution in [1.29, 1.82) is 0 Å². The van der Waals surface area contributed by atoms with Crippen molar-refractivity contribution >= 4 is 23.3 Å². The average molecular weight is 687 g/mol. The Morgan fingerprint density at radius 1 is 1.08 bits per heavy atom. The highest BCUT2D eigenvalue weighted by Gasteiger charge is 2.54. The van der Waals surface area contributed by atoms with Crippen LogP contribution in [0.1, 0.15) is 101 Å². The lowest BCUT2D eigenvalue weighted by Gasteiger charge is -2.47. The Hall–Kier alpha value is -3.45. The van der Waals surface area contributed by atoms with Gasteiger partial charge in [-0.15, -0.1) is 0 Å². The van der Waals surface area contributed by atoms with Crippen molar-refractivity contribution in [2.75, 3.05) is 25.1 Å². The molecule has 0 saturated heterocycles. The summed E-state index contributed by atoms with van der Waals surface area (Å²) in [5, 5.41) is 14.6. The number of hydrogen-bond donors (Lipinski definition) is 2. The van der Waals surface area contributed by atoms with Crippen molar-refractivity contribution in [2.45, 2.75) is 102 Å². The molecule has 0 unspecified atom stereocenters. The molecule has 2 N–H and O–H groups in total. The molecule has 1 spiro atoms. The molecule has 49 heavy (non-hydrogen) atoms. The minimum atomic E-state index is -1.06. The second kappa shape index (κ2) is 13.7. The number of halogens is 1. The number of pyridine rings is 1. The first-order valence-corrected chi connectivity index (χ1v) is 18.8. The van der Waals surface area contributed by atoms with Crippen LogP contribution in [-0.2, 0) is 23.1 Å². The number of hydrogen-bond acceptors (Lipinski definition) is 6. The molecule has 3 aromatic rings. The molecule has 4 aliphatic rings. The maximum absolute atomic E-state index is 13.0. The van der Waals surface area contributed by atoms with Crippen LogP contribution in [0.4, 0.5) is 5.69 Å². The van der Waals surface area contributed by atoms with Gasteiger partial charge in [0, 0.05) is 34.1 Å². The average Bonchev–Trinajstić information content (AvgIpc) is 3.20. The number of aromatic nitrogens is 1. The van der Waals surface area contributed by atoms with Gasteiger partial charge in [-0.05, 0) is 134 Å². The summed E-state index contributed by atoms with van der Waals surface area (Å²) in [5.74, 6) is 3.76. The summed E-state index contributed by atoms with van der Waals surface area (Å²) in [4.78, 5) is 17.7. The van der Waals surface area contributed by atoms with Crippen LogP contribution in [0.25, 0.3) is 0 Å². The number of ether oxygens (including phenoxy) is 3. The van der Waals surface area contributed by atoms with Gasteiger partial charge in [0.25, 0.3) is 0 Å². The van der Waals surface area contributed by atoms with Gasteiger partial charge in [-0.2, -0.15) is 0 Å². The van der Waals surface area contributed by atoms with Crippen LogP contribution in [0.2, 0.25) is 5.02 Å². The number of carboxylic acids is 1. The molecule has 2 heterocycles. The van der Waals surface area contributed by atoms with Gasteiger partial charge in [-0.1, -0.05) is 45.4 Å². The van der Waals surface area contributed by atoms with Crippen LogP contribution in [0.3, 0.4) is 0 Å². The van der Waals surface area contributed by atoms with Crippen LogP contribution >= 0.6 is 11.6 Å². The number of fused-ring (bicyclic) bond motifs is 4. The van der Waals surface area contributed by atoms with Crippen LogP contribution in [0, 0.1) is 23.7 Å². The van der Waals surface area contributed by atoms with E-state index in [4.69, 9.17) is 25.8 Å². The number of nitrogens with one attached hydrogen (secondary N) is 1. The van der Waals surface area contributed by atoms with Gasteiger partial charge in [0.2, 0.25) is 0 Å². The number of nitrogens with zero attached hydrogens (tertiary/aromatic N) is 1. The van der Waals surface area contributed by atoms with E-state index in [0.29, 0.717) is 67.3 Å². The first kappa shape index (κ1) is 34.0. The summed E-state index contributed by atoms with van der Waals surface area (Å²) < 4.78 is 19.4. The Morgan fingerprint density at radius 2 is 1.84 bits per heavy atom. The first-order valence-electron chi connectivity index (χ1n) is 18.4. The molecular formula is C41H51ClN2O5. The van der Waals surface area contributed by atoms with Crippen molar-refractivity contribution in [3.05, 3.63) is 76.1 Å². The fraction of sp³-hybridized carbons (Fsp3) is 0.561. The van der Waals surface area contributed by atoms with E-state index in [2.05, 4.69) is 50.1 Å². The number of carboxylic acid groups (broad SMARTS) is 1. The molecule has 1 aliphatic heterocycles. The minimum Gasteiger partial charge on any atom is -0.493 e. The fourth-order valence-electron chi connectivity index (χ4n) is 9.17. The molecule has 4 atom stereocenters. The number of aryl methyl sites for hydroxylation is 1. The van der Waals surface area contributed by atoms with Gasteiger partial charge < -0.3 is 24.6 Å². The molecule has 0 bridgehead atoms. The maximum Gasteiger partial charge on any atom is 0.329 e. The molecule has 1 fully saturated rings. The Labute approximate surface area is 296 Å². The Morgan fingerprint density at radius 3 is 2.55 bits per heavy atom. The number of carbonyl (C=O) groups is 1. The Balaban J connectivity index is 1.15. The van der Waals surface area contributed by atoms with Crippen LogP contribution < -0.4 is 19.5 Å². The number of anilines is 1. The van der Waals surface area contributed by atoms with Crippen LogP contribution in [0.5, 0.6) is 17.2 Å². The molecule has 8 heteroatoms. The van der Waals surface area contributed by atoms with E-state index in [1.165, 1.54) is 35.2 Å². The van der Waals surface area contributed by atoms with Gasteiger partial charge in [0.1, 0.15) is 11.3 Å². The fourth-order valence-corrected chi connectivity index (χ4v) is 9.36. The lowest BCUT2D eigenvalue weighted by Crippen LogP contribution is -2.53. The summed E-state index contributed by atoms with van der Waals surface area (Å²) in [6.07, 6.45) is 9.76. The number of benzene rings is 2. The van der Waals surface area contributed by atoms with Crippen LogP contribution in [-0.4, -0.2) is 41.4 Å². The molecule has 1 aromatic heterocycles. The second-order valence-electron chi connectivity index (χ2n) is 15.8. The second-order valence-corrected chi connectivity index (χ2v) is 16.2. The molecule has 7 rings (SSSR count). The smallest absolute Gasteiger partial charge is 0.329 e. The van der Waals surface area contributed by atoms with Gasteiger partial charge in [-0.3, -0.25) is 4.98 Å². The van der Waals surface area contributed by atoms with E-state index in [1.807, 2.05) is 36.5 Å². The predicted molar refractivity (Wildman–Crippen MR) is 193 cm³/mol. The van der Waals surface area contributed by atoms with E-state index in [-0.39, 0.29) is 5.41 Å². The lowest BCUT2D eigenvalue weighted by atomic mass is 9.59. The lowest BCUT2D eigenvalue weighted by molar-refractivity contribution is -0.144. The quantitative estimate of drug-likeness (QED) is 0.232. The van der Waals surface area contributed by atoms with E-state index in [1.54, 1.807) is 0 Å². The Kier molecular flexibility index (Phi) is 9.51. The largest absolute Gasteiger partial charge is 0.493 e. The summed E-state index contributed by atoms with van der Waals surface area (Å²) in [5.41, 5.74) is 4.62. The molecule has 0 radical (unpaired) electrons. The van der Waals surface area contributed by atoms with Crippen molar-refractivity contribution in [1.82, 2.24) is 4.98 Å². The maximum atomic E-state index is 13.0. The predicted octanol–water partition coefficient (Wildman–Crippen LogP) is 9.24. The zero-order chi connectivity index (χ0) is 34.3. The van der Waals surface area contributed by atoms with Crippen LogP contribution in [0.15, 0.2) is 48.7 Å². The van der Waals surface area contributed by atoms with E-state index < -0.39 is 11.5 Å². The Bertz CT molecular complexity index is 1680. The third-order valence-corrected chi connectivity index (χ3v) is 12.4. The molecule has 262 valence electrons. The van der Waals surface area contributed by atoms with Crippen molar-refractivity contribution in [3.63, 3.8) is 0 Å². The zero-order valence-electron chi connectivity index (χ0n) is 29.4. The highest BCUT2D eigenvalue weighted by atomic mass is 35.5. The third kappa shape index (κ3) is 6.60. The highest BCUT2D eigenvalue weighted by Crippen LogP contribution is 2.58. The van der Waals surface area contributed by atoms with E-state index >= 15 is 0 Å². The SMILES string of the molecule is CC(C)[C@H]1COc2cc3c(cc2OC1)C1(CCC(Nc2cccc(Cl)c2)(C(=O)O)CC1)[C@@H](C[C@@H](C)COc1ccnc2c1[C@H](C)CCC2)C3. The molecule has 3 aliphatic carbocycles. The molecule has 0 amide bonds. The highest BCUT2D eigenvalue weighted by molar-refractivity contribution is 6.30. The molecular weight excluding hydrogens is 636 g/mol. The van der Waals surface area contributed by atoms with E-state index in [0.717, 1.165) is 55.0 Å². The standard InChI is InChI=1S/C41H51ClN2O5/c1-25(2)29-23-48-36-19-28-18-30(17-26(3)22-47-35-11-16-43-34-10-5-7-27(4)38(34)35)40(33(28)21-37(36)49-24-29)12-14-41(15-13-40,39(45)46)44-32-9-6-8-31(42)20-32/h6,8-9,11,16,19-21,25-27,29-30,44H,5,7,10,12-15,17-18,22-24H2,1-4H3,(H,45,46)/t26-,27-,29+,30+,40?,41?/m1/s1. The topological polar surface area (TPSA) is 89.9 Å². The molecule has 2 aromatic carbocycles. The summed E-state index contributed by atoms with van der Waals surface area (Å²) >= 11 is 6.29. The minimum absolute atomic E-state index is 0.162. The summed E-state index contributed by atoms with van der Waals surface area (Å²) in [6.45, 7) is 10.9. The van der Waals surface area contributed by atoms with Crippen molar-refractivity contribution < 1.29 is 24.1 Å². The zero-order valence-corrected chi connectivity index (χ0v) is 30.2. The van der Waals surface area contributed by atoms with E-state index in [9.17, 15) is 9.90 Å². The van der Waals surface area contributed by atoms with Gasteiger partial charge in [0.05, 0.1) is 19.8 Å². The normalized spacial score (nSPS) is 28.0. The van der Waals surface area contributed by atoms with Gasteiger partial charge >= 0.3 is 5.97 Å². The third-order valence-electron chi connectivity index (χ3n) is 12.2. The number of aliphatic carboxylic acids is 1. The monoisotopic (exact) mass is 686 g/mol. The first-order chi connectivity index (χ1) is 23.6. The van der Waals surface area contributed by atoms with Crippen molar-refractivity contribution in [2.24, 2.45) is 23.7 Å². The van der Waals surface area contributed by atoms with Crippen molar-refractivity contribution in [3.8, 4) is 17.2 Å².